The molecule has 3 aliphatic heterocycles. The zero-order chi connectivity index (χ0) is 29.1. The highest BCUT2D eigenvalue weighted by Crippen LogP contribution is 2.37. The van der Waals surface area contributed by atoms with Gasteiger partial charge in [-0.15, -0.1) is 0 Å². The first-order valence-corrected chi connectivity index (χ1v) is 15.0. The SMILES string of the molecule is NC(=O)c1ccc(Oc2ccc(CN3CCC(N4C(=O)N(C5CCOCC5)CC4c4cccc(Cl)c4)CC3)cn2)cc1. The highest BCUT2D eigenvalue weighted by molar-refractivity contribution is 6.30. The van der Waals surface area contributed by atoms with Gasteiger partial charge in [0.2, 0.25) is 11.8 Å². The Balaban J connectivity index is 1.07. The summed E-state index contributed by atoms with van der Waals surface area (Å²) in [5.74, 6) is 0.598. The second-order valence-corrected chi connectivity index (χ2v) is 11.7. The van der Waals surface area contributed by atoms with Crippen LogP contribution in [0, 0.1) is 0 Å². The number of carbonyl (C=O) groups excluding carboxylic acids is 2. The van der Waals surface area contributed by atoms with Crippen LogP contribution in [0.4, 0.5) is 4.79 Å². The Morgan fingerprint density at radius 1 is 1.00 bits per heavy atom. The van der Waals surface area contributed by atoms with E-state index in [4.69, 9.17) is 26.8 Å². The molecule has 3 fully saturated rings. The number of halogens is 1. The molecule has 3 saturated heterocycles. The Bertz CT molecular complexity index is 1390. The summed E-state index contributed by atoms with van der Waals surface area (Å²) < 4.78 is 11.4. The number of primary amides is 1. The van der Waals surface area contributed by atoms with Crippen LogP contribution in [0.3, 0.4) is 0 Å². The number of nitrogens with two attached hydrogens (primary N) is 1. The number of benzene rings is 2. The average molecular weight is 590 g/mol. The molecule has 6 rings (SSSR count). The van der Waals surface area contributed by atoms with Gasteiger partial charge in [-0.05, 0) is 73.2 Å². The van der Waals surface area contributed by atoms with E-state index >= 15 is 0 Å². The molecule has 0 radical (unpaired) electrons. The summed E-state index contributed by atoms with van der Waals surface area (Å²) in [4.78, 5) is 36.3. The van der Waals surface area contributed by atoms with Crippen LogP contribution in [0.5, 0.6) is 11.6 Å². The molecule has 0 bridgehead atoms. The summed E-state index contributed by atoms with van der Waals surface area (Å²) in [5.41, 5.74) is 7.93. The van der Waals surface area contributed by atoms with Crippen molar-refractivity contribution in [2.45, 2.75) is 50.4 Å². The first-order chi connectivity index (χ1) is 20.4. The highest BCUT2D eigenvalue weighted by Gasteiger charge is 2.45. The fourth-order valence-electron chi connectivity index (χ4n) is 6.31. The zero-order valence-electron chi connectivity index (χ0n) is 23.5. The Kier molecular flexibility index (Phi) is 8.60. The van der Waals surface area contributed by atoms with E-state index in [1.807, 2.05) is 36.5 Å². The molecule has 2 N–H and O–H groups in total. The predicted molar refractivity (Wildman–Crippen MR) is 160 cm³/mol. The van der Waals surface area contributed by atoms with E-state index < -0.39 is 5.91 Å². The number of piperidine rings is 1. The molecule has 3 aliphatic rings. The van der Waals surface area contributed by atoms with Gasteiger partial charge in [-0.1, -0.05) is 29.8 Å². The number of amides is 3. The molecule has 0 saturated carbocycles. The van der Waals surface area contributed by atoms with Crippen LogP contribution in [0.25, 0.3) is 0 Å². The fraction of sp³-hybridized carbons (Fsp3) is 0.406. The van der Waals surface area contributed by atoms with Crippen molar-refractivity contribution in [3.8, 4) is 11.6 Å². The van der Waals surface area contributed by atoms with Gasteiger partial charge in [-0.2, -0.15) is 0 Å². The molecule has 2 aromatic carbocycles. The lowest BCUT2D eigenvalue weighted by Gasteiger charge is -2.39. The zero-order valence-corrected chi connectivity index (χ0v) is 24.3. The van der Waals surface area contributed by atoms with Crippen molar-refractivity contribution in [1.82, 2.24) is 19.7 Å². The number of urea groups is 1. The van der Waals surface area contributed by atoms with Crippen molar-refractivity contribution in [3.05, 3.63) is 88.6 Å². The van der Waals surface area contributed by atoms with E-state index in [1.54, 1.807) is 24.3 Å². The van der Waals surface area contributed by atoms with Crippen LogP contribution >= 0.6 is 11.6 Å². The molecular formula is C32H36ClN5O4. The number of pyridine rings is 1. The van der Waals surface area contributed by atoms with Gasteiger partial charge in [0.05, 0.1) is 6.04 Å². The molecular weight excluding hydrogens is 554 g/mol. The van der Waals surface area contributed by atoms with Gasteiger partial charge < -0.3 is 25.0 Å². The predicted octanol–water partition coefficient (Wildman–Crippen LogP) is 5.25. The number of hydrogen-bond donors (Lipinski definition) is 1. The minimum absolute atomic E-state index is 0.000614. The van der Waals surface area contributed by atoms with Crippen molar-refractivity contribution in [1.29, 1.82) is 0 Å². The molecule has 3 aromatic rings. The van der Waals surface area contributed by atoms with Gasteiger partial charge in [-0.25, -0.2) is 9.78 Å². The van der Waals surface area contributed by atoms with Crippen LogP contribution in [0.15, 0.2) is 66.9 Å². The number of aromatic nitrogens is 1. The Labute approximate surface area is 251 Å². The quantitative estimate of drug-likeness (QED) is 0.385. The van der Waals surface area contributed by atoms with Crippen molar-refractivity contribution in [3.63, 3.8) is 0 Å². The number of ether oxygens (including phenoxy) is 2. The summed E-state index contributed by atoms with van der Waals surface area (Å²) in [6.45, 7) is 4.70. The molecule has 9 nitrogen and oxygen atoms in total. The van der Waals surface area contributed by atoms with Crippen molar-refractivity contribution >= 4 is 23.5 Å². The largest absolute Gasteiger partial charge is 0.439 e. The first kappa shape index (κ1) is 28.5. The topological polar surface area (TPSA) is 101 Å². The molecule has 1 unspecified atom stereocenters. The number of hydrogen-bond acceptors (Lipinski definition) is 6. The molecule has 0 aliphatic carbocycles. The number of nitrogens with zero attached hydrogens (tertiary/aromatic N) is 4. The average Bonchev–Trinajstić information content (AvgIpc) is 3.36. The van der Waals surface area contributed by atoms with Crippen molar-refractivity contribution in [2.24, 2.45) is 5.73 Å². The highest BCUT2D eigenvalue weighted by atomic mass is 35.5. The molecule has 3 amide bonds. The third-order valence-corrected chi connectivity index (χ3v) is 8.79. The number of carbonyl (C=O) groups is 2. The summed E-state index contributed by atoms with van der Waals surface area (Å²) in [5, 5.41) is 0.699. The standard InChI is InChI=1S/C32H36ClN5O4/c33-25-3-1-2-24(18-25)29-21-37(26-12-16-41-17-13-26)32(40)38(29)27-10-14-36(15-11-27)20-22-4-9-30(35-19-22)42-28-7-5-23(6-8-28)31(34)39/h1-9,18-19,26-27,29H,10-17,20-21H2,(H2,34,39). The fourth-order valence-corrected chi connectivity index (χ4v) is 6.51. The van der Waals surface area contributed by atoms with E-state index in [1.165, 1.54) is 0 Å². The lowest BCUT2D eigenvalue weighted by molar-refractivity contribution is 0.0493. The van der Waals surface area contributed by atoms with Crippen molar-refractivity contribution in [2.75, 3.05) is 32.8 Å². The van der Waals surface area contributed by atoms with Crippen molar-refractivity contribution < 1.29 is 19.1 Å². The maximum Gasteiger partial charge on any atom is 0.321 e. The lowest BCUT2D eigenvalue weighted by atomic mass is 9.98. The molecule has 42 heavy (non-hydrogen) atoms. The summed E-state index contributed by atoms with van der Waals surface area (Å²) in [6, 6.07) is 19.1. The van der Waals surface area contributed by atoms with Gasteiger partial charge in [-0.3, -0.25) is 9.69 Å². The first-order valence-electron chi connectivity index (χ1n) is 14.6. The Morgan fingerprint density at radius 2 is 1.76 bits per heavy atom. The van der Waals surface area contributed by atoms with E-state index in [0.29, 0.717) is 42.0 Å². The lowest BCUT2D eigenvalue weighted by Crippen LogP contribution is -2.48. The summed E-state index contributed by atoms with van der Waals surface area (Å²) in [6.07, 6.45) is 5.45. The van der Waals surface area contributed by atoms with Crippen LogP contribution in [0.1, 0.15) is 53.2 Å². The van der Waals surface area contributed by atoms with Gasteiger partial charge in [0.1, 0.15) is 5.75 Å². The van der Waals surface area contributed by atoms with Crippen LogP contribution < -0.4 is 10.5 Å². The van der Waals surface area contributed by atoms with Gasteiger partial charge in [0.15, 0.2) is 0 Å². The third-order valence-electron chi connectivity index (χ3n) is 8.55. The number of likely N-dealkylation sites (tertiary alicyclic amines) is 1. The Morgan fingerprint density at radius 3 is 2.43 bits per heavy atom. The second kappa shape index (κ2) is 12.7. The van der Waals surface area contributed by atoms with Crippen LogP contribution in [0.2, 0.25) is 5.02 Å². The summed E-state index contributed by atoms with van der Waals surface area (Å²) >= 11 is 6.37. The van der Waals surface area contributed by atoms with E-state index in [0.717, 1.165) is 56.4 Å². The molecule has 0 spiro atoms. The van der Waals surface area contributed by atoms with Gasteiger partial charge in [0, 0.05) is 74.3 Å². The monoisotopic (exact) mass is 589 g/mol. The third kappa shape index (κ3) is 6.38. The van der Waals surface area contributed by atoms with Gasteiger partial charge in [0.25, 0.3) is 0 Å². The minimum atomic E-state index is -0.474. The molecule has 10 heteroatoms. The normalized spacial score (nSPS) is 20.7. The molecule has 220 valence electrons. The van der Waals surface area contributed by atoms with Gasteiger partial charge >= 0.3 is 6.03 Å². The van der Waals surface area contributed by atoms with E-state index in [2.05, 4.69) is 25.8 Å². The smallest absolute Gasteiger partial charge is 0.321 e. The molecule has 4 heterocycles. The molecule has 1 aromatic heterocycles. The molecule has 1 atom stereocenters. The minimum Gasteiger partial charge on any atom is -0.439 e. The van der Waals surface area contributed by atoms with E-state index in [-0.39, 0.29) is 24.2 Å². The maximum atomic E-state index is 13.9. The Hall–Kier alpha value is -3.66. The number of rotatable bonds is 8. The summed E-state index contributed by atoms with van der Waals surface area (Å²) in [7, 11) is 0. The van der Waals surface area contributed by atoms with E-state index in [9.17, 15) is 9.59 Å². The maximum absolute atomic E-state index is 13.9. The second-order valence-electron chi connectivity index (χ2n) is 11.3. The van der Waals surface area contributed by atoms with Crippen LogP contribution in [-0.4, -0.2) is 76.6 Å². The van der Waals surface area contributed by atoms with Crippen LogP contribution in [-0.2, 0) is 11.3 Å².